The lowest BCUT2D eigenvalue weighted by atomic mass is 10.1. The molecule has 3 aromatic rings. The van der Waals surface area contributed by atoms with Crippen LogP contribution < -0.4 is 4.90 Å². The van der Waals surface area contributed by atoms with Crippen molar-refractivity contribution >= 4 is 34.2 Å². The summed E-state index contributed by atoms with van der Waals surface area (Å²) < 4.78 is 27.9. The second-order valence-electron chi connectivity index (χ2n) is 5.68. The van der Waals surface area contributed by atoms with Gasteiger partial charge in [0.25, 0.3) is 0 Å². The third kappa shape index (κ3) is 3.61. The van der Waals surface area contributed by atoms with E-state index >= 15 is 0 Å². The number of nitrogens with zero attached hydrogens (tertiary/aromatic N) is 2. The fourth-order valence-electron chi connectivity index (χ4n) is 2.60. The maximum atomic E-state index is 14.0. The largest absolute Gasteiger partial charge is 0.291 e. The Labute approximate surface area is 148 Å². The highest BCUT2D eigenvalue weighted by molar-refractivity contribution is 6.29. The van der Waals surface area contributed by atoms with Crippen molar-refractivity contribution in [3.63, 3.8) is 0 Å². The Morgan fingerprint density at radius 2 is 1.84 bits per heavy atom. The Morgan fingerprint density at radius 3 is 2.52 bits per heavy atom. The molecule has 1 amide bonds. The van der Waals surface area contributed by atoms with Crippen LogP contribution in [0.1, 0.15) is 11.1 Å². The van der Waals surface area contributed by atoms with Gasteiger partial charge < -0.3 is 0 Å². The quantitative estimate of drug-likeness (QED) is 0.637. The van der Waals surface area contributed by atoms with Gasteiger partial charge in [0.15, 0.2) is 0 Å². The minimum Gasteiger partial charge on any atom is -0.291 e. The van der Waals surface area contributed by atoms with Crippen LogP contribution in [0, 0.1) is 18.6 Å². The SMILES string of the molecule is Cc1ccc2nc(N(Cc3c(F)cccc3F)C(=O)CCl)ccc2c1. The van der Waals surface area contributed by atoms with Gasteiger partial charge in [-0.2, -0.15) is 0 Å². The van der Waals surface area contributed by atoms with E-state index in [2.05, 4.69) is 4.98 Å². The van der Waals surface area contributed by atoms with Gasteiger partial charge in [-0.3, -0.25) is 9.69 Å². The first-order valence-electron chi connectivity index (χ1n) is 7.66. The normalized spacial score (nSPS) is 10.9. The molecule has 0 spiro atoms. The fraction of sp³-hybridized carbons (Fsp3) is 0.158. The number of pyridine rings is 1. The predicted octanol–water partition coefficient (Wildman–Crippen LogP) is 4.59. The van der Waals surface area contributed by atoms with Crippen molar-refractivity contribution in [1.82, 2.24) is 4.98 Å². The van der Waals surface area contributed by atoms with Crippen LogP contribution in [0.15, 0.2) is 48.5 Å². The van der Waals surface area contributed by atoms with Gasteiger partial charge in [0.2, 0.25) is 5.91 Å². The number of fused-ring (bicyclic) bond motifs is 1. The molecule has 2 aromatic carbocycles. The Balaban J connectivity index is 2.04. The van der Waals surface area contributed by atoms with Crippen molar-refractivity contribution in [2.75, 3.05) is 10.8 Å². The lowest BCUT2D eigenvalue weighted by Crippen LogP contribution is -2.32. The molecular weight excluding hydrogens is 346 g/mol. The van der Waals surface area contributed by atoms with Gasteiger partial charge in [0, 0.05) is 10.9 Å². The molecule has 0 fully saturated rings. The third-order valence-corrected chi connectivity index (χ3v) is 4.13. The number of carbonyl (C=O) groups excluding carboxylic acids is 1. The molecule has 0 radical (unpaired) electrons. The Hall–Kier alpha value is -2.53. The molecule has 0 N–H and O–H groups in total. The number of aromatic nitrogens is 1. The number of amides is 1. The Morgan fingerprint density at radius 1 is 1.12 bits per heavy atom. The van der Waals surface area contributed by atoms with E-state index in [0.29, 0.717) is 11.3 Å². The fourth-order valence-corrected chi connectivity index (χ4v) is 2.74. The zero-order chi connectivity index (χ0) is 18.0. The summed E-state index contributed by atoms with van der Waals surface area (Å²) in [5.41, 5.74) is 1.57. The van der Waals surface area contributed by atoms with Crippen LogP contribution in [0.4, 0.5) is 14.6 Å². The molecule has 0 unspecified atom stereocenters. The van der Waals surface area contributed by atoms with Gasteiger partial charge in [-0.25, -0.2) is 13.8 Å². The zero-order valence-electron chi connectivity index (χ0n) is 13.5. The summed E-state index contributed by atoms with van der Waals surface area (Å²) >= 11 is 5.67. The van der Waals surface area contributed by atoms with Crippen molar-refractivity contribution in [3.8, 4) is 0 Å². The van der Waals surface area contributed by atoms with Crippen LogP contribution in [-0.4, -0.2) is 16.8 Å². The van der Waals surface area contributed by atoms with Crippen molar-refractivity contribution < 1.29 is 13.6 Å². The molecular formula is C19H15ClF2N2O. The highest BCUT2D eigenvalue weighted by Gasteiger charge is 2.20. The smallest absolute Gasteiger partial charge is 0.243 e. The first-order chi connectivity index (χ1) is 12.0. The zero-order valence-corrected chi connectivity index (χ0v) is 14.2. The predicted molar refractivity (Wildman–Crippen MR) is 94.7 cm³/mol. The highest BCUT2D eigenvalue weighted by Crippen LogP contribution is 2.23. The van der Waals surface area contributed by atoms with E-state index in [4.69, 9.17) is 11.6 Å². The molecule has 0 atom stereocenters. The van der Waals surface area contributed by atoms with Crippen LogP contribution in [0.3, 0.4) is 0 Å². The number of anilines is 1. The standard InChI is InChI=1S/C19H15ClF2N2O/c1-12-5-7-17-13(9-12)6-8-18(23-17)24(19(25)10-20)11-14-15(21)3-2-4-16(14)22/h2-9H,10-11H2,1H3. The molecule has 0 aliphatic rings. The molecule has 3 rings (SSSR count). The Kier molecular flexibility index (Phi) is 4.95. The summed E-state index contributed by atoms with van der Waals surface area (Å²) in [7, 11) is 0. The number of rotatable bonds is 4. The van der Waals surface area contributed by atoms with Crippen molar-refractivity contribution in [2.45, 2.75) is 13.5 Å². The Bertz CT molecular complexity index is 926. The molecule has 128 valence electrons. The van der Waals surface area contributed by atoms with Crippen LogP contribution >= 0.6 is 11.6 Å². The summed E-state index contributed by atoms with van der Waals surface area (Å²) in [6.45, 7) is 1.69. The second-order valence-corrected chi connectivity index (χ2v) is 5.95. The van der Waals surface area contributed by atoms with E-state index in [1.165, 1.54) is 11.0 Å². The number of alkyl halides is 1. The first kappa shape index (κ1) is 17.3. The highest BCUT2D eigenvalue weighted by atomic mass is 35.5. The average molecular weight is 361 g/mol. The van der Waals surface area contributed by atoms with Gasteiger partial charge >= 0.3 is 0 Å². The summed E-state index contributed by atoms with van der Waals surface area (Å²) in [6, 6.07) is 12.7. The summed E-state index contributed by atoms with van der Waals surface area (Å²) in [5.74, 6) is -1.94. The molecule has 0 aliphatic carbocycles. The second kappa shape index (κ2) is 7.15. The van der Waals surface area contributed by atoms with Crippen molar-refractivity contribution in [1.29, 1.82) is 0 Å². The van der Waals surface area contributed by atoms with Gasteiger partial charge in [-0.05, 0) is 43.3 Å². The maximum Gasteiger partial charge on any atom is 0.243 e. The summed E-state index contributed by atoms with van der Waals surface area (Å²) in [6.07, 6.45) is 0. The number of aryl methyl sites for hydroxylation is 1. The first-order valence-corrected chi connectivity index (χ1v) is 8.19. The average Bonchev–Trinajstić information content (AvgIpc) is 2.60. The van der Waals surface area contributed by atoms with Gasteiger partial charge in [0.1, 0.15) is 23.3 Å². The minimum atomic E-state index is -0.719. The number of carbonyl (C=O) groups is 1. The number of hydrogen-bond donors (Lipinski definition) is 0. The molecule has 0 saturated carbocycles. The van der Waals surface area contributed by atoms with Crippen LogP contribution in [0.2, 0.25) is 0 Å². The summed E-state index contributed by atoms with van der Waals surface area (Å²) in [4.78, 5) is 17.9. The van der Waals surface area contributed by atoms with Crippen LogP contribution in [0.25, 0.3) is 10.9 Å². The monoisotopic (exact) mass is 360 g/mol. The number of hydrogen-bond acceptors (Lipinski definition) is 2. The maximum absolute atomic E-state index is 14.0. The van der Waals surface area contributed by atoms with Gasteiger partial charge in [-0.15, -0.1) is 11.6 Å². The van der Waals surface area contributed by atoms with E-state index in [9.17, 15) is 13.6 Å². The molecule has 25 heavy (non-hydrogen) atoms. The lowest BCUT2D eigenvalue weighted by Gasteiger charge is -2.22. The molecule has 1 aromatic heterocycles. The molecule has 3 nitrogen and oxygen atoms in total. The van der Waals surface area contributed by atoms with Crippen molar-refractivity contribution in [3.05, 3.63) is 71.3 Å². The lowest BCUT2D eigenvalue weighted by molar-refractivity contribution is -0.116. The van der Waals surface area contributed by atoms with Crippen LogP contribution in [0.5, 0.6) is 0 Å². The topological polar surface area (TPSA) is 33.2 Å². The van der Waals surface area contributed by atoms with E-state index in [0.717, 1.165) is 23.1 Å². The van der Waals surface area contributed by atoms with E-state index in [1.54, 1.807) is 6.07 Å². The van der Waals surface area contributed by atoms with E-state index < -0.39 is 17.5 Å². The van der Waals surface area contributed by atoms with Gasteiger partial charge in [-0.1, -0.05) is 17.7 Å². The van der Waals surface area contributed by atoms with Gasteiger partial charge in [0.05, 0.1) is 12.1 Å². The number of halogens is 3. The molecule has 1 heterocycles. The molecule has 0 bridgehead atoms. The molecule has 0 aliphatic heterocycles. The molecule has 6 heteroatoms. The summed E-state index contributed by atoms with van der Waals surface area (Å²) in [5, 5.41) is 0.916. The van der Waals surface area contributed by atoms with E-state index in [1.807, 2.05) is 31.2 Å². The van der Waals surface area contributed by atoms with Crippen LogP contribution in [-0.2, 0) is 11.3 Å². The van der Waals surface area contributed by atoms with Crippen molar-refractivity contribution in [2.24, 2.45) is 0 Å². The number of benzene rings is 2. The van der Waals surface area contributed by atoms with E-state index in [-0.39, 0.29) is 18.0 Å². The third-order valence-electron chi connectivity index (χ3n) is 3.90. The minimum absolute atomic E-state index is 0.202. The molecule has 0 saturated heterocycles.